The first-order chi connectivity index (χ1) is 14.0. The van der Waals surface area contributed by atoms with E-state index in [4.69, 9.17) is 25.8 Å². The highest BCUT2D eigenvalue weighted by Gasteiger charge is 2.34. The molecule has 8 heteroatoms. The molecule has 1 aliphatic rings. The van der Waals surface area contributed by atoms with E-state index in [0.717, 1.165) is 11.1 Å². The molecule has 1 N–H and O–H groups in total. The van der Waals surface area contributed by atoms with Crippen molar-refractivity contribution in [2.45, 2.75) is 18.9 Å². The molecule has 0 radical (unpaired) electrons. The van der Waals surface area contributed by atoms with Crippen LogP contribution in [0, 0.1) is 0 Å². The van der Waals surface area contributed by atoms with Crippen LogP contribution in [0.1, 0.15) is 23.6 Å². The Kier molecular flexibility index (Phi) is 6.49. The maximum atomic E-state index is 13.0. The maximum absolute atomic E-state index is 13.0. The number of hydrogen-bond acceptors (Lipinski definition) is 5. The van der Waals surface area contributed by atoms with Crippen molar-refractivity contribution in [2.24, 2.45) is 0 Å². The van der Waals surface area contributed by atoms with E-state index >= 15 is 0 Å². The first-order valence-electron chi connectivity index (χ1n) is 9.11. The van der Waals surface area contributed by atoms with E-state index in [1.165, 1.54) is 7.11 Å². The van der Waals surface area contributed by atoms with Gasteiger partial charge in [-0.2, -0.15) is 0 Å². The van der Waals surface area contributed by atoms with E-state index in [2.05, 4.69) is 5.32 Å². The summed E-state index contributed by atoms with van der Waals surface area (Å²) in [5.41, 5.74) is 2.46. The topological polar surface area (TPSA) is 77.1 Å². The van der Waals surface area contributed by atoms with Gasteiger partial charge in [0.2, 0.25) is 0 Å². The monoisotopic (exact) mass is 418 g/mol. The summed E-state index contributed by atoms with van der Waals surface area (Å²) < 4.78 is 15.7. The third-order valence-corrected chi connectivity index (χ3v) is 5.20. The molecule has 0 spiro atoms. The van der Waals surface area contributed by atoms with Crippen LogP contribution in [-0.4, -0.2) is 44.8 Å². The van der Waals surface area contributed by atoms with E-state index in [9.17, 15) is 9.59 Å². The number of benzene rings is 2. The van der Waals surface area contributed by atoms with Crippen LogP contribution in [0.5, 0.6) is 11.5 Å². The Balaban J connectivity index is 1.93. The van der Waals surface area contributed by atoms with Gasteiger partial charge in [0.15, 0.2) is 11.5 Å². The summed E-state index contributed by atoms with van der Waals surface area (Å²) in [5.74, 6) is 0.755. The van der Waals surface area contributed by atoms with Crippen molar-refractivity contribution in [1.29, 1.82) is 0 Å². The number of methoxy groups -OCH3 is 3. The molecule has 0 saturated heterocycles. The molecule has 2 aromatic carbocycles. The predicted octanol–water partition coefficient (Wildman–Crippen LogP) is 4.05. The van der Waals surface area contributed by atoms with E-state index in [1.807, 2.05) is 12.1 Å². The quantitative estimate of drug-likeness (QED) is 0.741. The zero-order chi connectivity index (χ0) is 21.0. The second-order valence-electron chi connectivity index (χ2n) is 6.58. The minimum atomic E-state index is -0.488. The molecule has 0 fully saturated rings. The van der Waals surface area contributed by atoms with Crippen molar-refractivity contribution in [3.63, 3.8) is 0 Å². The van der Waals surface area contributed by atoms with Crippen molar-refractivity contribution in [3.8, 4) is 11.5 Å². The van der Waals surface area contributed by atoms with Crippen LogP contribution in [-0.2, 0) is 16.0 Å². The largest absolute Gasteiger partial charge is 0.493 e. The number of carbonyl (C=O) groups is 2. The van der Waals surface area contributed by atoms with Crippen molar-refractivity contribution in [2.75, 3.05) is 33.2 Å². The lowest BCUT2D eigenvalue weighted by molar-refractivity contribution is -0.141. The molecule has 0 saturated carbocycles. The van der Waals surface area contributed by atoms with Gasteiger partial charge >= 0.3 is 12.0 Å². The fourth-order valence-electron chi connectivity index (χ4n) is 3.46. The minimum Gasteiger partial charge on any atom is -0.493 e. The standard InChI is InChI=1S/C21H23ClN2O5/c1-27-18-10-13-8-9-24(21(26)23-15-6-4-14(22)5-7-15)17(12-20(25)29-3)16(13)11-19(18)28-2/h4-7,10-11,17H,8-9,12H2,1-3H3,(H,23,26)/t17-/m0/s1. The van der Waals surface area contributed by atoms with Gasteiger partial charge in [0, 0.05) is 17.3 Å². The van der Waals surface area contributed by atoms with Crippen LogP contribution in [0.25, 0.3) is 0 Å². The van der Waals surface area contributed by atoms with Gasteiger partial charge in [0.25, 0.3) is 0 Å². The van der Waals surface area contributed by atoms with Crippen LogP contribution in [0.2, 0.25) is 5.02 Å². The Morgan fingerprint density at radius 1 is 1.10 bits per heavy atom. The number of hydrogen-bond donors (Lipinski definition) is 1. The van der Waals surface area contributed by atoms with Crippen molar-refractivity contribution >= 4 is 29.3 Å². The normalized spacial score (nSPS) is 15.3. The lowest BCUT2D eigenvalue weighted by Crippen LogP contribution is -2.43. The lowest BCUT2D eigenvalue weighted by Gasteiger charge is -2.37. The molecule has 0 unspecified atom stereocenters. The fourth-order valence-corrected chi connectivity index (χ4v) is 3.59. The second kappa shape index (κ2) is 9.05. The number of fused-ring (bicyclic) bond motifs is 1. The summed E-state index contributed by atoms with van der Waals surface area (Å²) in [6.07, 6.45) is 0.661. The molecule has 0 aromatic heterocycles. The molecule has 7 nitrogen and oxygen atoms in total. The summed E-state index contributed by atoms with van der Waals surface area (Å²) in [6.45, 7) is 0.448. The second-order valence-corrected chi connectivity index (χ2v) is 7.02. The Hall–Kier alpha value is -2.93. The van der Waals surface area contributed by atoms with E-state index < -0.39 is 12.0 Å². The number of nitrogens with one attached hydrogen (secondary N) is 1. The van der Waals surface area contributed by atoms with E-state index in [-0.39, 0.29) is 12.5 Å². The Morgan fingerprint density at radius 2 is 1.76 bits per heavy atom. The minimum absolute atomic E-state index is 0.0347. The van der Waals surface area contributed by atoms with Gasteiger partial charge in [-0.15, -0.1) is 0 Å². The Morgan fingerprint density at radius 3 is 2.38 bits per heavy atom. The van der Waals surface area contributed by atoms with Gasteiger partial charge in [-0.1, -0.05) is 11.6 Å². The number of nitrogens with zero attached hydrogens (tertiary/aromatic N) is 1. The van der Waals surface area contributed by atoms with Gasteiger partial charge in [-0.25, -0.2) is 4.79 Å². The van der Waals surface area contributed by atoms with Crippen LogP contribution in [0.3, 0.4) is 0 Å². The molecule has 3 rings (SSSR count). The smallest absolute Gasteiger partial charge is 0.322 e. The Labute approximate surface area is 174 Å². The molecule has 29 heavy (non-hydrogen) atoms. The number of urea groups is 1. The van der Waals surface area contributed by atoms with Crippen molar-refractivity contribution in [1.82, 2.24) is 4.90 Å². The molecule has 154 valence electrons. The van der Waals surface area contributed by atoms with Crippen LogP contribution < -0.4 is 14.8 Å². The summed E-state index contributed by atoms with van der Waals surface area (Å²) >= 11 is 5.91. The van der Waals surface area contributed by atoms with Crippen molar-refractivity contribution < 1.29 is 23.8 Å². The van der Waals surface area contributed by atoms with E-state index in [1.54, 1.807) is 43.4 Å². The number of rotatable bonds is 5. The van der Waals surface area contributed by atoms with Gasteiger partial charge < -0.3 is 24.4 Å². The summed E-state index contributed by atoms with van der Waals surface area (Å²) in [7, 11) is 4.46. The number of ether oxygens (including phenoxy) is 3. The maximum Gasteiger partial charge on any atom is 0.322 e. The summed E-state index contributed by atoms with van der Waals surface area (Å²) in [6, 6.07) is 9.77. The highest BCUT2D eigenvalue weighted by atomic mass is 35.5. The highest BCUT2D eigenvalue weighted by molar-refractivity contribution is 6.30. The third kappa shape index (κ3) is 4.56. The van der Waals surface area contributed by atoms with Crippen LogP contribution in [0.15, 0.2) is 36.4 Å². The first kappa shape index (κ1) is 20.8. The lowest BCUT2D eigenvalue weighted by atomic mass is 9.90. The van der Waals surface area contributed by atoms with Gasteiger partial charge in [0.1, 0.15) is 0 Å². The van der Waals surface area contributed by atoms with Crippen LogP contribution >= 0.6 is 11.6 Å². The average Bonchev–Trinajstić information content (AvgIpc) is 2.74. The third-order valence-electron chi connectivity index (χ3n) is 4.95. The molecule has 0 bridgehead atoms. The number of amides is 2. The Bertz CT molecular complexity index is 901. The first-order valence-corrected chi connectivity index (χ1v) is 9.49. The van der Waals surface area contributed by atoms with Gasteiger partial charge in [-0.05, 0) is 53.9 Å². The van der Waals surface area contributed by atoms with Gasteiger partial charge in [-0.3, -0.25) is 4.79 Å². The molecular formula is C21H23ClN2O5. The summed E-state index contributed by atoms with van der Waals surface area (Å²) in [4.78, 5) is 26.7. The fraction of sp³-hybridized carbons (Fsp3) is 0.333. The molecule has 2 amide bonds. The molecular weight excluding hydrogens is 396 g/mol. The molecule has 2 aromatic rings. The number of halogens is 1. The van der Waals surface area contributed by atoms with Crippen molar-refractivity contribution in [3.05, 3.63) is 52.5 Å². The zero-order valence-electron chi connectivity index (χ0n) is 16.5. The summed E-state index contributed by atoms with van der Waals surface area (Å²) in [5, 5.41) is 3.45. The molecule has 0 aliphatic carbocycles. The predicted molar refractivity (Wildman–Crippen MR) is 110 cm³/mol. The van der Waals surface area contributed by atoms with Gasteiger partial charge in [0.05, 0.1) is 33.8 Å². The average molecular weight is 419 g/mol. The number of anilines is 1. The van der Waals surface area contributed by atoms with Crippen LogP contribution in [0.4, 0.5) is 10.5 Å². The zero-order valence-corrected chi connectivity index (χ0v) is 17.3. The number of esters is 1. The van der Waals surface area contributed by atoms with E-state index in [0.29, 0.717) is 35.2 Å². The SMILES string of the molecule is COC(=O)C[C@H]1c2cc(OC)c(OC)cc2CCN1C(=O)Nc1ccc(Cl)cc1. The molecule has 1 atom stereocenters. The highest BCUT2D eigenvalue weighted by Crippen LogP contribution is 2.39. The molecule has 1 aliphatic heterocycles. The molecule has 1 heterocycles. The number of carbonyl (C=O) groups excluding carboxylic acids is 2.